The van der Waals surface area contributed by atoms with Gasteiger partial charge in [0.2, 0.25) is 5.91 Å². The lowest BCUT2D eigenvalue weighted by molar-refractivity contribution is -0.130. The average molecular weight is 297 g/mol. The molecule has 18 heavy (non-hydrogen) atoms. The van der Waals surface area contributed by atoms with Crippen molar-refractivity contribution in [1.29, 1.82) is 0 Å². The zero-order valence-corrected chi connectivity index (χ0v) is 12.5. The summed E-state index contributed by atoms with van der Waals surface area (Å²) in [5.41, 5.74) is 0. The van der Waals surface area contributed by atoms with Crippen LogP contribution >= 0.6 is 24.8 Å². The van der Waals surface area contributed by atoms with Gasteiger partial charge in [0, 0.05) is 32.4 Å². The molecule has 0 aliphatic rings. The largest absolute Gasteiger partial charge is 0.344 e. The molecule has 0 saturated carbocycles. The van der Waals surface area contributed by atoms with Crippen LogP contribution in [0.1, 0.15) is 12.8 Å². The van der Waals surface area contributed by atoms with Crippen molar-refractivity contribution in [2.45, 2.75) is 19.4 Å². The van der Waals surface area contributed by atoms with E-state index < -0.39 is 0 Å². The molecule has 0 radical (unpaired) electrons. The molecule has 1 rings (SSSR count). The van der Waals surface area contributed by atoms with E-state index in [0.717, 1.165) is 19.5 Å². The number of aromatic nitrogens is 2. The summed E-state index contributed by atoms with van der Waals surface area (Å²) in [4.78, 5) is 13.4. The molecule has 0 aliphatic carbocycles. The van der Waals surface area contributed by atoms with Crippen molar-refractivity contribution in [2.24, 2.45) is 0 Å². The fourth-order valence-electron chi connectivity index (χ4n) is 1.42. The molecule has 1 amide bonds. The van der Waals surface area contributed by atoms with E-state index in [1.54, 1.807) is 11.1 Å². The van der Waals surface area contributed by atoms with Gasteiger partial charge in [-0.3, -0.25) is 9.48 Å². The summed E-state index contributed by atoms with van der Waals surface area (Å²) < 4.78 is 1.83. The average Bonchev–Trinajstić information content (AvgIpc) is 2.79. The Morgan fingerprint density at radius 2 is 2.17 bits per heavy atom. The second kappa shape index (κ2) is 11.3. The number of carbonyl (C=O) groups is 1. The number of nitrogens with one attached hydrogen (secondary N) is 1. The summed E-state index contributed by atoms with van der Waals surface area (Å²) in [6.07, 6.45) is 5.14. The quantitative estimate of drug-likeness (QED) is 0.769. The van der Waals surface area contributed by atoms with Crippen LogP contribution in [0.15, 0.2) is 18.5 Å². The maximum absolute atomic E-state index is 11.6. The summed E-state index contributed by atoms with van der Waals surface area (Å²) in [6, 6.07) is 1.88. The van der Waals surface area contributed by atoms with E-state index in [0.29, 0.717) is 13.0 Å². The number of hydrogen-bond donors (Lipinski definition) is 1. The maximum atomic E-state index is 11.6. The Hall–Kier alpha value is -0.780. The van der Waals surface area contributed by atoms with Gasteiger partial charge in [-0.25, -0.2) is 0 Å². The number of halogens is 2. The predicted octanol–water partition coefficient (Wildman–Crippen LogP) is 1.18. The topological polar surface area (TPSA) is 50.2 Å². The Bertz CT molecular complexity index is 306. The SMILES string of the molecule is CNCCCC(=O)N(C)CCn1cccn1.Cl.Cl. The second-order valence-electron chi connectivity index (χ2n) is 3.79. The predicted molar refractivity (Wildman–Crippen MR) is 77.5 cm³/mol. The summed E-state index contributed by atoms with van der Waals surface area (Å²) in [6.45, 7) is 2.35. The van der Waals surface area contributed by atoms with Crippen LogP contribution in [-0.4, -0.2) is 47.8 Å². The molecule has 0 unspecified atom stereocenters. The number of nitrogens with zero attached hydrogens (tertiary/aromatic N) is 3. The van der Waals surface area contributed by atoms with Gasteiger partial charge in [-0.2, -0.15) is 5.10 Å². The van der Waals surface area contributed by atoms with Gasteiger partial charge in [0.15, 0.2) is 0 Å². The zero-order chi connectivity index (χ0) is 11.8. The van der Waals surface area contributed by atoms with Gasteiger partial charge in [0.1, 0.15) is 0 Å². The minimum Gasteiger partial charge on any atom is -0.344 e. The lowest BCUT2D eigenvalue weighted by atomic mass is 10.3. The van der Waals surface area contributed by atoms with E-state index in [4.69, 9.17) is 0 Å². The van der Waals surface area contributed by atoms with Gasteiger partial charge < -0.3 is 10.2 Å². The van der Waals surface area contributed by atoms with Crippen molar-refractivity contribution in [3.05, 3.63) is 18.5 Å². The Balaban J connectivity index is 0. The number of carbonyl (C=O) groups excluding carboxylic acids is 1. The number of rotatable bonds is 7. The fraction of sp³-hybridized carbons (Fsp3) is 0.636. The standard InChI is InChI=1S/C11H20N4O.2ClH/c1-12-6-3-5-11(16)14(2)9-10-15-8-4-7-13-15;;/h4,7-8,12H,3,5-6,9-10H2,1-2H3;2*1H. The molecule has 0 bridgehead atoms. The fourth-order valence-corrected chi connectivity index (χ4v) is 1.42. The molecule has 0 aromatic carbocycles. The first-order chi connectivity index (χ1) is 7.74. The minimum absolute atomic E-state index is 0. The molecule has 1 N–H and O–H groups in total. The number of amides is 1. The lowest BCUT2D eigenvalue weighted by Gasteiger charge is -2.17. The molecule has 0 aliphatic heterocycles. The van der Waals surface area contributed by atoms with E-state index >= 15 is 0 Å². The van der Waals surface area contributed by atoms with E-state index in [9.17, 15) is 4.79 Å². The van der Waals surface area contributed by atoms with Crippen LogP contribution in [0.25, 0.3) is 0 Å². The molecule has 106 valence electrons. The van der Waals surface area contributed by atoms with Gasteiger partial charge in [-0.15, -0.1) is 24.8 Å². The Kier molecular flexibility index (Phi) is 12.3. The summed E-state index contributed by atoms with van der Waals surface area (Å²) in [5.74, 6) is 0.197. The molecular weight excluding hydrogens is 275 g/mol. The van der Waals surface area contributed by atoms with Gasteiger partial charge in [-0.05, 0) is 26.1 Å². The van der Waals surface area contributed by atoms with Crippen molar-refractivity contribution >= 4 is 30.7 Å². The highest BCUT2D eigenvalue weighted by Crippen LogP contribution is 1.96. The summed E-state index contributed by atoms with van der Waals surface area (Å²) in [5, 5.41) is 7.12. The molecule has 5 nitrogen and oxygen atoms in total. The normalized spacial score (nSPS) is 9.22. The Morgan fingerprint density at radius 3 is 2.72 bits per heavy atom. The second-order valence-corrected chi connectivity index (χ2v) is 3.79. The van der Waals surface area contributed by atoms with E-state index in [-0.39, 0.29) is 30.7 Å². The molecule has 1 aromatic rings. The molecule has 1 heterocycles. The number of likely N-dealkylation sites (N-methyl/N-ethyl adjacent to an activating group) is 1. The molecule has 7 heteroatoms. The zero-order valence-electron chi connectivity index (χ0n) is 10.8. The molecular formula is C11H22Cl2N4O. The van der Waals surface area contributed by atoms with Crippen LogP contribution in [0.5, 0.6) is 0 Å². The molecule has 1 aromatic heterocycles. The monoisotopic (exact) mass is 296 g/mol. The molecule has 0 fully saturated rings. The third-order valence-electron chi connectivity index (χ3n) is 2.47. The summed E-state index contributed by atoms with van der Waals surface area (Å²) >= 11 is 0. The van der Waals surface area contributed by atoms with Gasteiger partial charge >= 0.3 is 0 Å². The van der Waals surface area contributed by atoms with E-state index in [1.807, 2.05) is 31.0 Å². The molecule has 0 spiro atoms. The smallest absolute Gasteiger partial charge is 0.222 e. The highest BCUT2D eigenvalue weighted by molar-refractivity contribution is 5.85. The third kappa shape index (κ3) is 7.53. The van der Waals surface area contributed by atoms with Crippen molar-refractivity contribution < 1.29 is 4.79 Å². The van der Waals surface area contributed by atoms with E-state index in [2.05, 4.69) is 10.4 Å². The highest BCUT2D eigenvalue weighted by atomic mass is 35.5. The number of hydrogen-bond acceptors (Lipinski definition) is 3. The van der Waals surface area contributed by atoms with Crippen LogP contribution in [-0.2, 0) is 11.3 Å². The van der Waals surface area contributed by atoms with Gasteiger partial charge in [0.05, 0.1) is 6.54 Å². The lowest BCUT2D eigenvalue weighted by Crippen LogP contribution is -2.30. The van der Waals surface area contributed by atoms with Crippen LogP contribution in [0, 0.1) is 0 Å². The van der Waals surface area contributed by atoms with Crippen LogP contribution in [0.2, 0.25) is 0 Å². The third-order valence-corrected chi connectivity index (χ3v) is 2.47. The van der Waals surface area contributed by atoms with Crippen molar-refractivity contribution in [3.63, 3.8) is 0 Å². The van der Waals surface area contributed by atoms with E-state index in [1.165, 1.54) is 0 Å². The van der Waals surface area contributed by atoms with Crippen LogP contribution in [0.3, 0.4) is 0 Å². The van der Waals surface area contributed by atoms with Crippen molar-refractivity contribution in [1.82, 2.24) is 20.0 Å². The van der Waals surface area contributed by atoms with Gasteiger partial charge in [0.25, 0.3) is 0 Å². The van der Waals surface area contributed by atoms with Gasteiger partial charge in [-0.1, -0.05) is 0 Å². The summed E-state index contributed by atoms with van der Waals surface area (Å²) in [7, 11) is 3.73. The first-order valence-corrected chi connectivity index (χ1v) is 5.60. The van der Waals surface area contributed by atoms with Crippen molar-refractivity contribution in [3.8, 4) is 0 Å². The van der Waals surface area contributed by atoms with Crippen LogP contribution in [0.4, 0.5) is 0 Å². The maximum Gasteiger partial charge on any atom is 0.222 e. The minimum atomic E-state index is 0. The highest BCUT2D eigenvalue weighted by Gasteiger charge is 2.07. The Labute approximate surface area is 121 Å². The first-order valence-electron chi connectivity index (χ1n) is 5.60. The first kappa shape index (κ1) is 19.6. The Morgan fingerprint density at radius 1 is 1.44 bits per heavy atom. The molecule has 0 saturated heterocycles. The van der Waals surface area contributed by atoms with Crippen LogP contribution < -0.4 is 5.32 Å². The molecule has 0 atom stereocenters. The van der Waals surface area contributed by atoms with Crippen molar-refractivity contribution in [2.75, 3.05) is 27.2 Å².